The molecule has 3 rings (SSSR count). The fourth-order valence-corrected chi connectivity index (χ4v) is 2.29. The number of carbonyl (C=O) groups is 1. The van der Waals surface area contributed by atoms with Crippen LogP contribution in [0, 0.1) is 0 Å². The molecule has 0 radical (unpaired) electrons. The summed E-state index contributed by atoms with van der Waals surface area (Å²) < 4.78 is 5.58. The molecule has 0 aliphatic heterocycles. The van der Waals surface area contributed by atoms with Gasteiger partial charge in [0.15, 0.2) is 5.58 Å². The topological polar surface area (TPSA) is 86.8 Å². The van der Waals surface area contributed by atoms with E-state index in [0.717, 1.165) is 11.1 Å². The minimum absolute atomic E-state index is 0.394. The van der Waals surface area contributed by atoms with Crippen molar-refractivity contribution in [1.82, 2.24) is 4.98 Å². The maximum absolute atomic E-state index is 10.6. The quantitative estimate of drug-likeness (QED) is 0.682. The van der Waals surface area contributed by atoms with E-state index in [2.05, 4.69) is 4.98 Å². The van der Waals surface area contributed by atoms with Crippen LogP contribution >= 0.6 is 11.6 Å². The third-order valence-corrected chi connectivity index (χ3v) is 3.50. The highest BCUT2D eigenvalue weighted by Gasteiger charge is 2.07. The number of oxazole rings is 1. The highest BCUT2D eigenvalue weighted by molar-refractivity contribution is 6.31. The van der Waals surface area contributed by atoms with Crippen LogP contribution in [0.3, 0.4) is 0 Å². The smallest absolute Gasteiger partial charge is 0.325 e. The minimum Gasteiger partial charge on any atom is -0.480 e. The third kappa shape index (κ3) is 3.73. The molecule has 0 saturated heterocycles. The van der Waals surface area contributed by atoms with E-state index in [1.54, 1.807) is 54.6 Å². The lowest BCUT2D eigenvalue weighted by Crippen LogP contribution is -2.25. The van der Waals surface area contributed by atoms with E-state index in [9.17, 15) is 10.0 Å². The summed E-state index contributed by atoms with van der Waals surface area (Å²) >= 11 is 5.91. The molecule has 0 spiro atoms. The molecule has 1 aromatic heterocycles. The number of hydrogen-bond donors (Lipinski definition) is 2. The molecule has 0 amide bonds. The van der Waals surface area contributed by atoms with Crippen LogP contribution in [-0.2, 0) is 4.79 Å². The van der Waals surface area contributed by atoms with Crippen LogP contribution in [-0.4, -0.2) is 27.8 Å². The van der Waals surface area contributed by atoms with Gasteiger partial charge in [-0.3, -0.25) is 10.0 Å². The van der Waals surface area contributed by atoms with Gasteiger partial charge in [0.1, 0.15) is 12.1 Å². The Bertz CT molecular complexity index is 903. The normalized spacial score (nSPS) is 11.2. The molecule has 0 unspecified atom stereocenters. The number of benzene rings is 2. The Labute approximate surface area is 142 Å². The van der Waals surface area contributed by atoms with Gasteiger partial charge in [-0.1, -0.05) is 23.7 Å². The fourth-order valence-electron chi connectivity index (χ4n) is 2.13. The predicted octanol–water partition coefficient (Wildman–Crippen LogP) is 3.93. The van der Waals surface area contributed by atoms with Crippen LogP contribution in [0.5, 0.6) is 0 Å². The molecule has 2 N–H and O–H groups in total. The standard InChI is InChI=1S/C17H13ClN2O4/c18-12-4-7-14-15(9-12)24-16(19-14)8-3-11-1-5-13(6-2-11)20(23)10-17(21)22/h1-9,23H,10H2,(H,21,22)/b8-3+. The summed E-state index contributed by atoms with van der Waals surface area (Å²) in [4.78, 5) is 14.9. The molecule has 0 atom stereocenters. The lowest BCUT2D eigenvalue weighted by atomic mass is 10.2. The first-order valence-corrected chi connectivity index (χ1v) is 7.41. The summed E-state index contributed by atoms with van der Waals surface area (Å²) in [7, 11) is 0. The van der Waals surface area contributed by atoms with Crippen molar-refractivity contribution in [2.45, 2.75) is 0 Å². The van der Waals surface area contributed by atoms with Gasteiger partial charge in [0, 0.05) is 17.2 Å². The summed E-state index contributed by atoms with van der Waals surface area (Å²) in [6.45, 7) is -0.485. The fraction of sp³-hybridized carbons (Fsp3) is 0.0588. The summed E-state index contributed by atoms with van der Waals surface area (Å²) in [5, 5.41) is 19.5. The van der Waals surface area contributed by atoms with E-state index < -0.39 is 12.5 Å². The Hall–Kier alpha value is -2.83. The van der Waals surface area contributed by atoms with E-state index >= 15 is 0 Å². The van der Waals surface area contributed by atoms with Gasteiger partial charge in [-0.25, -0.2) is 10.0 Å². The second-order valence-electron chi connectivity index (χ2n) is 5.04. The molecule has 0 bridgehead atoms. The van der Waals surface area contributed by atoms with Crippen LogP contribution in [0.1, 0.15) is 11.5 Å². The van der Waals surface area contributed by atoms with Crippen molar-refractivity contribution in [3.05, 3.63) is 58.9 Å². The number of fused-ring (bicyclic) bond motifs is 1. The average molecular weight is 345 g/mol. The van der Waals surface area contributed by atoms with Crippen LogP contribution in [0.25, 0.3) is 23.3 Å². The monoisotopic (exact) mass is 344 g/mol. The minimum atomic E-state index is -1.11. The molecule has 0 saturated carbocycles. The summed E-state index contributed by atoms with van der Waals surface area (Å²) in [6, 6.07) is 12.0. The maximum Gasteiger partial charge on any atom is 0.325 e. The first kappa shape index (κ1) is 16.0. The first-order valence-electron chi connectivity index (χ1n) is 7.04. The van der Waals surface area contributed by atoms with Crippen LogP contribution in [0.2, 0.25) is 5.02 Å². The lowest BCUT2D eigenvalue weighted by Gasteiger charge is -2.14. The maximum atomic E-state index is 10.6. The first-order chi connectivity index (χ1) is 11.5. The van der Waals surface area contributed by atoms with Crippen LogP contribution in [0.15, 0.2) is 46.9 Å². The lowest BCUT2D eigenvalue weighted by molar-refractivity contribution is -0.136. The highest BCUT2D eigenvalue weighted by Crippen LogP contribution is 2.21. The zero-order valence-electron chi connectivity index (χ0n) is 12.4. The average Bonchev–Trinajstić information content (AvgIpc) is 2.94. The van der Waals surface area contributed by atoms with Crippen molar-refractivity contribution >= 4 is 46.5 Å². The van der Waals surface area contributed by atoms with Crippen LogP contribution in [0.4, 0.5) is 5.69 Å². The molecule has 122 valence electrons. The number of rotatable bonds is 5. The Morgan fingerprint density at radius 3 is 2.67 bits per heavy atom. The second kappa shape index (κ2) is 6.74. The molecule has 1 heterocycles. The molecule has 0 aliphatic carbocycles. The Balaban J connectivity index is 1.74. The largest absolute Gasteiger partial charge is 0.480 e. The molecule has 0 fully saturated rings. The SMILES string of the molecule is O=C(O)CN(O)c1ccc(/C=C/c2nc3ccc(Cl)cc3o2)cc1. The van der Waals surface area contributed by atoms with Gasteiger partial charge in [0.05, 0.1) is 5.69 Å². The summed E-state index contributed by atoms with van der Waals surface area (Å²) in [5.74, 6) is -0.663. The van der Waals surface area contributed by atoms with Crippen LogP contribution < -0.4 is 5.06 Å². The molecule has 7 heteroatoms. The van der Waals surface area contributed by atoms with E-state index in [4.69, 9.17) is 21.1 Å². The number of anilines is 1. The zero-order chi connectivity index (χ0) is 17.1. The van der Waals surface area contributed by atoms with E-state index in [1.807, 2.05) is 0 Å². The number of carboxylic acid groups (broad SMARTS) is 1. The van der Waals surface area contributed by atoms with Gasteiger partial charge in [-0.2, -0.15) is 0 Å². The van der Waals surface area contributed by atoms with Crippen molar-refractivity contribution < 1.29 is 19.5 Å². The van der Waals surface area contributed by atoms with Gasteiger partial charge in [-0.15, -0.1) is 0 Å². The Morgan fingerprint density at radius 2 is 1.96 bits per heavy atom. The van der Waals surface area contributed by atoms with E-state index in [0.29, 0.717) is 27.2 Å². The van der Waals surface area contributed by atoms with Gasteiger partial charge >= 0.3 is 5.97 Å². The van der Waals surface area contributed by atoms with Crippen molar-refractivity contribution in [1.29, 1.82) is 0 Å². The van der Waals surface area contributed by atoms with Gasteiger partial charge in [0.25, 0.3) is 0 Å². The molecule has 2 aromatic carbocycles. The summed E-state index contributed by atoms with van der Waals surface area (Å²) in [6.07, 6.45) is 3.52. The van der Waals surface area contributed by atoms with Gasteiger partial charge in [0.2, 0.25) is 5.89 Å². The van der Waals surface area contributed by atoms with Crippen molar-refractivity contribution in [2.75, 3.05) is 11.6 Å². The van der Waals surface area contributed by atoms with Crippen molar-refractivity contribution in [2.24, 2.45) is 0 Å². The number of hydrogen-bond acceptors (Lipinski definition) is 5. The number of hydroxylamine groups is 1. The highest BCUT2D eigenvalue weighted by atomic mass is 35.5. The number of nitrogens with zero attached hydrogens (tertiary/aromatic N) is 2. The Morgan fingerprint density at radius 1 is 1.21 bits per heavy atom. The van der Waals surface area contributed by atoms with Crippen molar-refractivity contribution in [3.8, 4) is 0 Å². The zero-order valence-corrected chi connectivity index (χ0v) is 13.1. The molecular formula is C17H13ClN2O4. The third-order valence-electron chi connectivity index (χ3n) is 3.26. The number of halogens is 1. The Kier molecular flexibility index (Phi) is 4.50. The number of aliphatic carboxylic acids is 1. The molecule has 6 nitrogen and oxygen atoms in total. The number of carboxylic acids is 1. The van der Waals surface area contributed by atoms with Gasteiger partial charge < -0.3 is 9.52 Å². The van der Waals surface area contributed by atoms with E-state index in [1.165, 1.54) is 0 Å². The second-order valence-corrected chi connectivity index (χ2v) is 5.48. The van der Waals surface area contributed by atoms with Gasteiger partial charge in [-0.05, 0) is 35.9 Å². The molecular weight excluding hydrogens is 332 g/mol. The molecule has 3 aromatic rings. The molecule has 24 heavy (non-hydrogen) atoms. The summed E-state index contributed by atoms with van der Waals surface area (Å²) in [5.41, 5.74) is 2.58. The number of aromatic nitrogens is 1. The molecule has 0 aliphatic rings. The van der Waals surface area contributed by atoms with E-state index in [-0.39, 0.29) is 0 Å². The predicted molar refractivity (Wildman–Crippen MR) is 91.2 cm³/mol. The van der Waals surface area contributed by atoms with Crippen molar-refractivity contribution in [3.63, 3.8) is 0 Å².